The lowest BCUT2D eigenvalue weighted by Crippen LogP contribution is -2.39. The number of furan rings is 1. The van der Waals surface area contributed by atoms with Crippen molar-refractivity contribution < 1.29 is 9.21 Å². The van der Waals surface area contributed by atoms with Gasteiger partial charge in [-0.05, 0) is 36.6 Å². The van der Waals surface area contributed by atoms with Crippen molar-refractivity contribution in [2.45, 2.75) is 19.4 Å². The summed E-state index contributed by atoms with van der Waals surface area (Å²) in [6, 6.07) is 11.6. The second kappa shape index (κ2) is 6.49. The molecule has 0 saturated carbocycles. The van der Waals surface area contributed by atoms with Gasteiger partial charge in [-0.2, -0.15) is 5.10 Å². The molecular weight excluding hydrogens is 376 g/mol. The first-order valence-corrected chi connectivity index (χ1v) is 9.47. The summed E-state index contributed by atoms with van der Waals surface area (Å²) in [6.07, 6.45) is 5.64. The van der Waals surface area contributed by atoms with Crippen LogP contribution in [0, 0.1) is 0 Å². The summed E-state index contributed by atoms with van der Waals surface area (Å²) in [4.78, 5) is 19.3. The molecule has 0 N–H and O–H groups in total. The van der Waals surface area contributed by atoms with Crippen LogP contribution in [-0.4, -0.2) is 31.9 Å². The molecule has 7 heteroatoms. The number of halogens is 1. The number of amides is 1. The number of carbonyl (C=O) groups excluding carboxylic acids is 1. The van der Waals surface area contributed by atoms with Crippen molar-refractivity contribution in [3.63, 3.8) is 0 Å². The number of benzene rings is 1. The molecule has 0 spiro atoms. The minimum absolute atomic E-state index is 0.0982. The molecule has 5 rings (SSSR count). The Morgan fingerprint density at radius 2 is 2.18 bits per heavy atom. The molecular formula is C21H17ClN4O2. The SMILES string of the molecule is CC1c2c(cccc2-c2ccco2)CCN1C(=O)c1cc2ncc(Cl)cn2n1. The van der Waals surface area contributed by atoms with Gasteiger partial charge in [-0.3, -0.25) is 4.79 Å². The van der Waals surface area contributed by atoms with E-state index in [2.05, 4.69) is 16.1 Å². The minimum Gasteiger partial charge on any atom is -0.464 e. The van der Waals surface area contributed by atoms with Gasteiger partial charge < -0.3 is 9.32 Å². The fourth-order valence-corrected chi connectivity index (χ4v) is 4.09. The molecule has 0 fully saturated rings. The average Bonchev–Trinajstić information content (AvgIpc) is 3.37. The number of hydrogen-bond donors (Lipinski definition) is 0. The van der Waals surface area contributed by atoms with Crippen LogP contribution < -0.4 is 0 Å². The van der Waals surface area contributed by atoms with Gasteiger partial charge in [-0.1, -0.05) is 29.8 Å². The van der Waals surface area contributed by atoms with Gasteiger partial charge in [0, 0.05) is 24.4 Å². The van der Waals surface area contributed by atoms with Crippen LogP contribution in [-0.2, 0) is 6.42 Å². The van der Waals surface area contributed by atoms with Gasteiger partial charge in [0.05, 0.1) is 23.5 Å². The van der Waals surface area contributed by atoms with Crippen LogP contribution >= 0.6 is 11.6 Å². The third kappa shape index (κ3) is 2.68. The van der Waals surface area contributed by atoms with Gasteiger partial charge in [0.15, 0.2) is 11.3 Å². The maximum Gasteiger partial charge on any atom is 0.274 e. The Balaban J connectivity index is 1.53. The number of fused-ring (bicyclic) bond motifs is 2. The molecule has 0 bridgehead atoms. The van der Waals surface area contributed by atoms with Gasteiger partial charge >= 0.3 is 0 Å². The molecule has 4 aromatic rings. The lowest BCUT2D eigenvalue weighted by molar-refractivity contribution is 0.0671. The Bertz CT molecular complexity index is 1180. The Labute approximate surface area is 166 Å². The molecule has 1 atom stereocenters. The molecule has 1 unspecified atom stereocenters. The number of carbonyl (C=O) groups is 1. The highest BCUT2D eigenvalue weighted by Crippen LogP contribution is 2.38. The van der Waals surface area contributed by atoms with E-state index in [1.165, 1.54) is 10.1 Å². The molecule has 6 nitrogen and oxygen atoms in total. The first kappa shape index (κ1) is 17.0. The van der Waals surface area contributed by atoms with E-state index in [1.807, 2.05) is 36.1 Å². The summed E-state index contributed by atoms with van der Waals surface area (Å²) in [5, 5.41) is 4.84. The predicted octanol–water partition coefficient (Wildman–Crippen LogP) is 4.40. The van der Waals surface area contributed by atoms with Crippen molar-refractivity contribution in [3.8, 4) is 11.3 Å². The topological polar surface area (TPSA) is 63.6 Å². The third-order valence-corrected chi connectivity index (χ3v) is 5.45. The van der Waals surface area contributed by atoms with Gasteiger partial charge in [-0.15, -0.1) is 0 Å². The summed E-state index contributed by atoms with van der Waals surface area (Å²) in [5.41, 5.74) is 4.35. The minimum atomic E-state index is -0.117. The summed E-state index contributed by atoms with van der Waals surface area (Å²) >= 11 is 5.97. The predicted molar refractivity (Wildman–Crippen MR) is 105 cm³/mol. The van der Waals surface area contributed by atoms with Crippen molar-refractivity contribution in [2.75, 3.05) is 6.54 Å². The highest BCUT2D eigenvalue weighted by atomic mass is 35.5. The van der Waals surface area contributed by atoms with Crippen LogP contribution in [0.15, 0.2) is 59.5 Å². The van der Waals surface area contributed by atoms with Crippen LogP contribution in [0.1, 0.15) is 34.6 Å². The van der Waals surface area contributed by atoms with E-state index in [4.69, 9.17) is 16.0 Å². The fraction of sp³-hybridized carbons (Fsp3) is 0.190. The number of hydrogen-bond acceptors (Lipinski definition) is 4. The molecule has 140 valence electrons. The second-order valence-corrected chi connectivity index (χ2v) is 7.32. The van der Waals surface area contributed by atoms with E-state index in [0.29, 0.717) is 22.9 Å². The monoisotopic (exact) mass is 392 g/mol. The van der Waals surface area contributed by atoms with E-state index in [-0.39, 0.29) is 11.9 Å². The van der Waals surface area contributed by atoms with Crippen molar-refractivity contribution >= 4 is 23.2 Å². The lowest BCUT2D eigenvalue weighted by Gasteiger charge is -2.36. The van der Waals surface area contributed by atoms with Gasteiger partial charge in [-0.25, -0.2) is 9.50 Å². The highest BCUT2D eigenvalue weighted by Gasteiger charge is 2.32. The van der Waals surface area contributed by atoms with E-state index in [0.717, 1.165) is 23.3 Å². The fourth-order valence-electron chi connectivity index (χ4n) is 3.94. The molecule has 28 heavy (non-hydrogen) atoms. The molecule has 1 amide bonds. The molecule has 4 heterocycles. The third-order valence-electron chi connectivity index (χ3n) is 5.25. The molecule has 3 aromatic heterocycles. The zero-order valence-corrected chi connectivity index (χ0v) is 15.9. The molecule has 0 aliphatic carbocycles. The molecule has 1 aromatic carbocycles. The van der Waals surface area contributed by atoms with Crippen LogP contribution in [0.4, 0.5) is 0 Å². The van der Waals surface area contributed by atoms with E-state index in [1.54, 1.807) is 24.7 Å². The number of rotatable bonds is 2. The Kier molecular flexibility index (Phi) is 3.94. The Hall–Kier alpha value is -3.12. The normalized spacial score (nSPS) is 16.4. The zero-order valence-electron chi connectivity index (χ0n) is 15.2. The van der Waals surface area contributed by atoms with Crippen molar-refractivity contribution in [3.05, 3.63) is 76.9 Å². The van der Waals surface area contributed by atoms with Crippen molar-refractivity contribution in [1.82, 2.24) is 19.5 Å². The lowest BCUT2D eigenvalue weighted by atomic mass is 9.88. The first-order valence-electron chi connectivity index (χ1n) is 9.09. The largest absolute Gasteiger partial charge is 0.464 e. The zero-order chi connectivity index (χ0) is 19.3. The van der Waals surface area contributed by atoms with Crippen molar-refractivity contribution in [1.29, 1.82) is 0 Å². The summed E-state index contributed by atoms with van der Waals surface area (Å²) < 4.78 is 7.16. The van der Waals surface area contributed by atoms with Crippen LogP contribution in [0.3, 0.4) is 0 Å². The Morgan fingerprint density at radius 1 is 1.29 bits per heavy atom. The van der Waals surface area contributed by atoms with Gasteiger partial charge in [0.2, 0.25) is 0 Å². The van der Waals surface area contributed by atoms with E-state index in [9.17, 15) is 4.79 Å². The van der Waals surface area contributed by atoms with Gasteiger partial charge in [0.25, 0.3) is 5.91 Å². The molecule has 0 radical (unpaired) electrons. The second-order valence-electron chi connectivity index (χ2n) is 6.88. The van der Waals surface area contributed by atoms with Crippen LogP contribution in [0.2, 0.25) is 5.02 Å². The smallest absolute Gasteiger partial charge is 0.274 e. The molecule has 1 aliphatic heterocycles. The molecule has 1 aliphatic rings. The van der Waals surface area contributed by atoms with Gasteiger partial charge in [0.1, 0.15) is 5.76 Å². The summed E-state index contributed by atoms with van der Waals surface area (Å²) in [5.74, 6) is 0.693. The number of nitrogens with zero attached hydrogens (tertiary/aromatic N) is 4. The van der Waals surface area contributed by atoms with Crippen LogP contribution in [0.25, 0.3) is 17.0 Å². The molecule has 0 saturated heterocycles. The Morgan fingerprint density at radius 3 is 3.00 bits per heavy atom. The summed E-state index contributed by atoms with van der Waals surface area (Å²) in [7, 11) is 0. The van der Waals surface area contributed by atoms with Crippen molar-refractivity contribution in [2.24, 2.45) is 0 Å². The quantitative estimate of drug-likeness (QED) is 0.507. The standard InChI is InChI=1S/C21H17ClN4O2/c1-13-20-14(4-2-5-16(20)18-6-3-9-28-18)7-8-25(13)21(27)17-10-19-23-11-15(22)12-26(19)24-17/h2-6,9-13H,7-8H2,1H3. The van der Waals surface area contributed by atoms with E-state index < -0.39 is 0 Å². The summed E-state index contributed by atoms with van der Waals surface area (Å²) in [6.45, 7) is 2.68. The maximum atomic E-state index is 13.2. The number of aromatic nitrogens is 3. The average molecular weight is 393 g/mol. The highest BCUT2D eigenvalue weighted by molar-refractivity contribution is 6.30. The van der Waals surface area contributed by atoms with E-state index >= 15 is 0 Å². The first-order chi connectivity index (χ1) is 13.6. The van der Waals surface area contributed by atoms with Crippen LogP contribution in [0.5, 0.6) is 0 Å². The maximum absolute atomic E-state index is 13.2.